The number of carbonyl (C=O) groups excluding carboxylic acids is 1. The van der Waals surface area contributed by atoms with Gasteiger partial charge >= 0.3 is 0 Å². The monoisotopic (exact) mass is 360 g/mol. The fourth-order valence-corrected chi connectivity index (χ4v) is 4.24. The Morgan fingerprint density at radius 1 is 1.23 bits per heavy atom. The molecule has 3 heterocycles. The SMILES string of the molecule is COc1nccnc1N1CCC2(CC1)CC(=O)N(CC1CCC1)CCO2. The first-order chi connectivity index (χ1) is 12.7. The quantitative estimate of drug-likeness (QED) is 0.817. The molecule has 1 spiro atoms. The van der Waals surface area contributed by atoms with Crippen LogP contribution in [0.5, 0.6) is 5.88 Å². The summed E-state index contributed by atoms with van der Waals surface area (Å²) in [4.78, 5) is 25.7. The van der Waals surface area contributed by atoms with E-state index in [1.165, 1.54) is 19.3 Å². The summed E-state index contributed by atoms with van der Waals surface area (Å²) in [5, 5.41) is 0. The smallest absolute Gasteiger partial charge is 0.257 e. The lowest BCUT2D eigenvalue weighted by atomic mass is 9.84. The zero-order valence-corrected chi connectivity index (χ0v) is 15.5. The zero-order valence-electron chi connectivity index (χ0n) is 15.5. The van der Waals surface area contributed by atoms with Crippen LogP contribution in [0.15, 0.2) is 12.4 Å². The molecule has 3 fully saturated rings. The summed E-state index contributed by atoms with van der Waals surface area (Å²) in [5.41, 5.74) is -0.322. The van der Waals surface area contributed by atoms with Crippen molar-refractivity contribution in [1.29, 1.82) is 0 Å². The number of methoxy groups -OCH3 is 1. The van der Waals surface area contributed by atoms with Gasteiger partial charge in [0.2, 0.25) is 5.91 Å². The van der Waals surface area contributed by atoms with E-state index in [9.17, 15) is 4.79 Å². The Morgan fingerprint density at radius 2 is 2.00 bits per heavy atom. The summed E-state index contributed by atoms with van der Waals surface area (Å²) >= 11 is 0. The fourth-order valence-electron chi connectivity index (χ4n) is 4.24. The maximum atomic E-state index is 12.8. The number of aromatic nitrogens is 2. The maximum Gasteiger partial charge on any atom is 0.257 e. The van der Waals surface area contributed by atoms with Crippen molar-refractivity contribution in [3.63, 3.8) is 0 Å². The third-order valence-electron chi connectivity index (χ3n) is 6.11. The van der Waals surface area contributed by atoms with E-state index in [2.05, 4.69) is 14.9 Å². The molecule has 7 nitrogen and oxygen atoms in total. The van der Waals surface area contributed by atoms with Gasteiger partial charge in [-0.15, -0.1) is 0 Å². The molecule has 0 atom stereocenters. The van der Waals surface area contributed by atoms with Crippen molar-refractivity contribution in [2.45, 2.75) is 44.1 Å². The highest BCUT2D eigenvalue weighted by atomic mass is 16.5. The second kappa shape index (κ2) is 7.39. The Labute approximate surface area is 154 Å². The van der Waals surface area contributed by atoms with E-state index in [-0.39, 0.29) is 11.5 Å². The number of hydrogen-bond acceptors (Lipinski definition) is 6. The van der Waals surface area contributed by atoms with E-state index in [0.717, 1.165) is 44.8 Å². The van der Waals surface area contributed by atoms with Crippen LogP contribution >= 0.6 is 0 Å². The highest BCUT2D eigenvalue weighted by molar-refractivity contribution is 5.77. The Bertz CT molecular complexity index is 641. The van der Waals surface area contributed by atoms with E-state index >= 15 is 0 Å². The number of hydrogen-bond donors (Lipinski definition) is 0. The minimum atomic E-state index is -0.322. The molecular formula is C19H28N4O3. The molecule has 0 N–H and O–H groups in total. The first kappa shape index (κ1) is 17.5. The third kappa shape index (κ3) is 3.49. The van der Waals surface area contributed by atoms with E-state index in [1.54, 1.807) is 19.5 Å². The molecule has 4 rings (SSSR count). The van der Waals surface area contributed by atoms with Crippen LogP contribution in [0.25, 0.3) is 0 Å². The lowest BCUT2D eigenvalue weighted by Crippen LogP contribution is -2.48. The van der Waals surface area contributed by atoms with Crippen LogP contribution in [0.4, 0.5) is 5.82 Å². The number of anilines is 1. The van der Waals surface area contributed by atoms with E-state index in [1.807, 2.05) is 4.90 Å². The molecular weight excluding hydrogens is 332 g/mol. The van der Waals surface area contributed by atoms with Gasteiger partial charge in [-0.2, -0.15) is 0 Å². The van der Waals surface area contributed by atoms with Crippen molar-refractivity contribution >= 4 is 11.7 Å². The Morgan fingerprint density at radius 3 is 2.69 bits per heavy atom. The minimum absolute atomic E-state index is 0.264. The molecule has 0 aromatic carbocycles. The van der Waals surface area contributed by atoms with Gasteiger partial charge in [0.05, 0.1) is 25.7 Å². The molecule has 142 valence electrons. The molecule has 0 radical (unpaired) electrons. The van der Waals surface area contributed by atoms with Gasteiger partial charge in [-0.1, -0.05) is 6.42 Å². The maximum absolute atomic E-state index is 12.8. The van der Waals surface area contributed by atoms with Crippen LogP contribution in [0.3, 0.4) is 0 Å². The first-order valence-electron chi connectivity index (χ1n) is 9.71. The summed E-state index contributed by atoms with van der Waals surface area (Å²) in [6.07, 6.45) is 9.34. The van der Waals surface area contributed by atoms with Crippen molar-refractivity contribution in [1.82, 2.24) is 14.9 Å². The molecule has 2 aliphatic heterocycles. The average molecular weight is 360 g/mol. The Hall–Kier alpha value is -1.89. The summed E-state index contributed by atoms with van der Waals surface area (Å²) in [6.45, 7) is 3.89. The second-order valence-electron chi connectivity index (χ2n) is 7.72. The number of carbonyl (C=O) groups is 1. The lowest BCUT2D eigenvalue weighted by molar-refractivity contribution is -0.135. The van der Waals surface area contributed by atoms with Crippen LogP contribution in [0.1, 0.15) is 38.5 Å². The average Bonchev–Trinajstić information content (AvgIpc) is 2.77. The molecule has 1 amide bonds. The molecule has 0 bridgehead atoms. The van der Waals surface area contributed by atoms with E-state index in [0.29, 0.717) is 24.8 Å². The third-order valence-corrected chi connectivity index (χ3v) is 6.11. The van der Waals surface area contributed by atoms with Gasteiger partial charge in [0.1, 0.15) is 0 Å². The molecule has 3 aliphatic rings. The normalized spacial score (nSPS) is 23.7. The van der Waals surface area contributed by atoms with Crippen molar-refractivity contribution < 1.29 is 14.3 Å². The van der Waals surface area contributed by atoms with Gasteiger partial charge in [-0.3, -0.25) is 4.79 Å². The summed E-state index contributed by atoms with van der Waals surface area (Å²) in [7, 11) is 1.61. The van der Waals surface area contributed by atoms with E-state index < -0.39 is 0 Å². The molecule has 1 aromatic heterocycles. The van der Waals surface area contributed by atoms with Crippen LogP contribution in [0, 0.1) is 5.92 Å². The van der Waals surface area contributed by atoms with Crippen molar-refractivity contribution in [2.24, 2.45) is 5.92 Å². The number of amides is 1. The molecule has 1 aromatic rings. The van der Waals surface area contributed by atoms with Gasteiger partial charge in [-0.05, 0) is 31.6 Å². The van der Waals surface area contributed by atoms with Crippen molar-refractivity contribution in [3.05, 3.63) is 12.4 Å². The summed E-state index contributed by atoms with van der Waals surface area (Å²) in [6, 6.07) is 0. The summed E-state index contributed by atoms with van der Waals surface area (Å²) < 4.78 is 11.6. The molecule has 0 unspecified atom stereocenters. The van der Waals surface area contributed by atoms with Gasteiger partial charge < -0.3 is 19.3 Å². The fraction of sp³-hybridized carbons (Fsp3) is 0.737. The van der Waals surface area contributed by atoms with Crippen LogP contribution in [0.2, 0.25) is 0 Å². The van der Waals surface area contributed by atoms with Gasteiger partial charge in [0.15, 0.2) is 5.82 Å². The molecule has 1 saturated carbocycles. The second-order valence-corrected chi connectivity index (χ2v) is 7.72. The molecule has 7 heteroatoms. The topological polar surface area (TPSA) is 67.8 Å². The highest BCUT2D eigenvalue weighted by Crippen LogP contribution is 2.36. The van der Waals surface area contributed by atoms with Gasteiger partial charge in [-0.25, -0.2) is 9.97 Å². The van der Waals surface area contributed by atoms with E-state index in [4.69, 9.17) is 9.47 Å². The Balaban J connectivity index is 1.39. The zero-order chi connectivity index (χ0) is 18.0. The molecule has 2 saturated heterocycles. The predicted octanol–water partition coefficient (Wildman–Crippen LogP) is 1.87. The predicted molar refractivity (Wildman–Crippen MR) is 97.3 cm³/mol. The number of rotatable bonds is 4. The van der Waals surface area contributed by atoms with Crippen molar-refractivity contribution in [3.8, 4) is 5.88 Å². The summed E-state index contributed by atoms with van der Waals surface area (Å²) in [5.74, 6) is 2.29. The number of nitrogens with zero attached hydrogens (tertiary/aromatic N) is 4. The first-order valence-corrected chi connectivity index (χ1v) is 9.71. The largest absolute Gasteiger partial charge is 0.478 e. The van der Waals surface area contributed by atoms with Gasteiger partial charge in [0, 0.05) is 38.6 Å². The van der Waals surface area contributed by atoms with Gasteiger partial charge in [0.25, 0.3) is 5.88 Å². The number of piperidine rings is 1. The number of ether oxygens (including phenoxy) is 2. The standard InChI is InChI=1S/C19H28N4O3/c1-25-18-17(20-7-8-21-18)22-9-5-19(6-10-22)13-16(24)23(11-12-26-19)14-15-3-2-4-15/h7-8,15H,2-6,9-14H2,1H3. The Kier molecular flexibility index (Phi) is 4.98. The molecule has 26 heavy (non-hydrogen) atoms. The molecule has 1 aliphatic carbocycles. The van der Waals surface area contributed by atoms with Crippen molar-refractivity contribution in [2.75, 3.05) is 44.8 Å². The highest BCUT2D eigenvalue weighted by Gasteiger charge is 2.41. The van der Waals surface area contributed by atoms with Crippen LogP contribution < -0.4 is 9.64 Å². The lowest BCUT2D eigenvalue weighted by Gasteiger charge is -2.41. The van der Waals surface area contributed by atoms with Crippen LogP contribution in [-0.4, -0.2) is 66.3 Å². The van der Waals surface area contributed by atoms with Crippen LogP contribution in [-0.2, 0) is 9.53 Å². The minimum Gasteiger partial charge on any atom is -0.478 e.